The van der Waals surface area contributed by atoms with E-state index in [4.69, 9.17) is 0 Å². The van der Waals surface area contributed by atoms with Crippen molar-refractivity contribution in [1.29, 1.82) is 0 Å². The zero-order valence-electron chi connectivity index (χ0n) is 7.42. The molecule has 11 heavy (non-hydrogen) atoms. The molecule has 0 radical (unpaired) electrons. The van der Waals surface area contributed by atoms with E-state index in [1.807, 2.05) is 13.0 Å². The lowest BCUT2D eigenvalue weighted by atomic mass is 10.1. The summed E-state index contributed by atoms with van der Waals surface area (Å²) in [4.78, 5) is 14.5. The Morgan fingerprint density at radius 1 is 1.55 bits per heavy atom. The summed E-state index contributed by atoms with van der Waals surface area (Å²) < 4.78 is 0. The lowest BCUT2D eigenvalue weighted by molar-refractivity contribution is -0.116. The van der Waals surface area contributed by atoms with Gasteiger partial charge in [0.1, 0.15) is 5.78 Å². The van der Waals surface area contributed by atoms with Crippen molar-refractivity contribution in [3.8, 4) is 0 Å². The molecule has 0 aliphatic carbocycles. The van der Waals surface area contributed by atoms with Gasteiger partial charge in [0, 0.05) is 19.7 Å². The number of hydrogen-bond acceptors (Lipinski definition) is 2. The molecule has 2 heteroatoms. The summed E-state index contributed by atoms with van der Waals surface area (Å²) >= 11 is 0. The number of carbonyl (C=O) groups is 1. The second kappa shape index (κ2) is 5.83. The molecule has 0 saturated heterocycles. The van der Waals surface area contributed by atoms with Crippen LogP contribution in [0.25, 0.3) is 0 Å². The number of ketones is 1. The first-order valence-electron chi connectivity index (χ1n) is 3.80. The normalized spacial score (nSPS) is 12.5. The number of allylic oxidation sites excluding steroid dienone is 2. The van der Waals surface area contributed by atoms with Crippen molar-refractivity contribution in [1.82, 2.24) is 0 Å². The van der Waals surface area contributed by atoms with Crippen LogP contribution in [0.15, 0.2) is 16.6 Å². The number of Topliss-reactive ketones (excluding diaryl/α,β-unsaturated/α-hetero) is 1. The van der Waals surface area contributed by atoms with Gasteiger partial charge in [-0.15, -0.1) is 0 Å². The van der Waals surface area contributed by atoms with Crippen molar-refractivity contribution in [3.05, 3.63) is 11.6 Å². The van der Waals surface area contributed by atoms with E-state index in [1.54, 1.807) is 20.2 Å². The van der Waals surface area contributed by atoms with Crippen LogP contribution in [0.3, 0.4) is 0 Å². The molecule has 0 bridgehead atoms. The number of carbonyl (C=O) groups excluding carboxylic acids is 1. The van der Waals surface area contributed by atoms with E-state index in [0.717, 1.165) is 12.0 Å². The molecular formula is C9H15NO. The zero-order chi connectivity index (χ0) is 8.69. The minimum Gasteiger partial charge on any atom is -0.300 e. The second-order valence-corrected chi connectivity index (χ2v) is 2.46. The number of rotatable bonds is 4. The summed E-state index contributed by atoms with van der Waals surface area (Å²) in [5.41, 5.74) is 1.14. The smallest absolute Gasteiger partial charge is 0.133 e. The average Bonchev–Trinajstić information content (AvgIpc) is 1.97. The van der Waals surface area contributed by atoms with Crippen LogP contribution in [-0.4, -0.2) is 19.0 Å². The quantitative estimate of drug-likeness (QED) is 0.568. The van der Waals surface area contributed by atoms with Gasteiger partial charge >= 0.3 is 0 Å². The van der Waals surface area contributed by atoms with Crippen molar-refractivity contribution in [2.75, 3.05) is 7.05 Å². The van der Waals surface area contributed by atoms with E-state index in [1.165, 1.54) is 0 Å². The van der Waals surface area contributed by atoms with Crippen molar-refractivity contribution >= 4 is 12.0 Å². The maximum atomic E-state index is 10.7. The monoisotopic (exact) mass is 153 g/mol. The van der Waals surface area contributed by atoms with Crippen LogP contribution in [0.1, 0.15) is 26.7 Å². The Morgan fingerprint density at radius 2 is 2.18 bits per heavy atom. The molecular weight excluding hydrogens is 138 g/mol. The fourth-order valence-corrected chi connectivity index (χ4v) is 0.801. The molecule has 2 nitrogen and oxygen atoms in total. The maximum Gasteiger partial charge on any atom is 0.133 e. The summed E-state index contributed by atoms with van der Waals surface area (Å²) in [6.45, 7) is 3.64. The van der Waals surface area contributed by atoms with E-state index in [-0.39, 0.29) is 5.78 Å². The average molecular weight is 153 g/mol. The Hall–Kier alpha value is -0.920. The predicted octanol–water partition coefficient (Wildman–Crippen LogP) is 2.00. The Morgan fingerprint density at radius 3 is 2.55 bits per heavy atom. The summed E-state index contributed by atoms with van der Waals surface area (Å²) in [7, 11) is 1.72. The third-order valence-electron chi connectivity index (χ3n) is 1.39. The van der Waals surface area contributed by atoms with E-state index < -0.39 is 0 Å². The summed E-state index contributed by atoms with van der Waals surface area (Å²) in [5.74, 6) is 0.211. The highest BCUT2D eigenvalue weighted by atomic mass is 16.1. The predicted molar refractivity (Wildman–Crippen MR) is 48.1 cm³/mol. The highest BCUT2D eigenvalue weighted by Gasteiger charge is 1.96. The summed E-state index contributed by atoms with van der Waals surface area (Å²) in [6, 6.07) is 0. The third-order valence-corrected chi connectivity index (χ3v) is 1.39. The molecule has 0 atom stereocenters. The van der Waals surface area contributed by atoms with Gasteiger partial charge in [-0.05, 0) is 19.4 Å². The van der Waals surface area contributed by atoms with Crippen LogP contribution >= 0.6 is 0 Å². The first kappa shape index (κ1) is 10.1. The molecule has 0 amide bonds. The van der Waals surface area contributed by atoms with Crippen molar-refractivity contribution in [2.24, 2.45) is 4.99 Å². The minimum absolute atomic E-state index is 0.211. The van der Waals surface area contributed by atoms with Crippen LogP contribution in [0.5, 0.6) is 0 Å². The maximum absolute atomic E-state index is 10.7. The largest absolute Gasteiger partial charge is 0.300 e. The fraction of sp³-hybridized carbons (Fsp3) is 0.556. The van der Waals surface area contributed by atoms with Gasteiger partial charge in [-0.1, -0.05) is 12.5 Å². The van der Waals surface area contributed by atoms with Crippen molar-refractivity contribution < 1.29 is 4.79 Å². The summed E-state index contributed by atoms with van der Waals surface area (Å²) in [6.07, 6.45) is 5.11. The van der Waals surface area contributed by atoms with Crippen LogP contribution in [0, 0.1) is 0 Å². The Balaban J connectivity index is 4.04. The van der Waals surface area contributed by atoms with Gasteiger partial charge in [0.05, 0.1) is 0 Å². The van der Waals surface area contributed by atoms with Crippen molar-refractivity contribution in [2.45, 2.75) is 26.7 Å². The second-order valence-electron chi connectivity index (χ2n) is 2.46. The fourth-order valence-electron chi connectivity index (χ4n) is 0.801. The van der Waals surface area contributed by atoms with Crippen LogP contribution in [0.4, 0.5) is 0 Å². The summed E-state index contributed by atoms with van der Waals surface area (Å²) in [5, 5.41) is 0. The van der Waals surface area contributed by atoms with E-state index >= 15 is 0 Å². The Bertz CT molecular complexity index is 180. The molecule has 0 spiro atoms. The Labute approximate surface area is 68.0 Å². The molecule has 62 valence electrons. The first-order chi connectivity index (χ1) is 5.20. The highest BCUT2D eigenvalue weighted by Crippen LogP contribution is 2.05. The van der Waals surface area contributed by atoms with E-state index in [9.17, 15) is 4.79 Å². The molecule has 0 heterocycles. The third kappa shape index (κ3) is 5.52. The van der Waals surface area contributed by atoms with E-state index in [0.29, 0.717) is 6.42 Å². The molecule has 0 rings (SSSR count). The number of aliphatic imine (C=N–C) groups is 1. The number of nitrogens with zero attached hydrogens (tertiary/aromatic N) is 1. The van der Waals surface area contributed by atoms with Gasteiger partial charge in [0.25, 0.3) is 0 Å². The molecule has 0 aromatic heterocycles. The highest BCUT2D eigenvalue weighted by molar-refractivity contribution is 5.80. The first-order valence-corrected chi connectivity index (χ1v) is 3.80. The van der Waals surface area contributed by atoms with Gasteiger partial charge in [-0.25, -0.2) is 0 Å². The van der Waals surface area contributed by atoms with Gasteiger partial charge in [-0.2, -0.15) is 0 Å². The van der Waals surface area contributed by atoms with Gasteiger partial charge in [-0.3, -0.25) is 9.79 Å². The zero-order valence-corrected chi connectivity index (χ0v) is 7.42. The molecule has 0 aromatic rings. The van der Waals surface area contributed by atoms with Gasteiger partial charge in [0.2, 0.25) is 0 Å². The topological polar surface area (TPSA) is 29.4 Å². The molecule has 0 aliphatic rings. The molecule has 0 unspecified atom stereocenters. The molecule has 0 N–H and O–H groups in total. The van der Waals surface area contributed by atoms with Gasteiger partial charge < -0.3 is 0 Å². The van der Waals surface area contributed by atoms with Gasteiger partial charge in [0.15, 0.2) is 0 Å². The lowest BCUT2D eigenvalue weighted by Gasteiger charge is -1.97. The van der Waals surface area contributed by atoms with Crippen LogP contribution in [0.2, 0.25) is 0 Å². The van der Waals surface area contributed by atoms with Crippen molar-refractivity contribution in [3.63, 3.8) is 0 Å². The van der Waals surface area contributed by atoms with Crippen LogP contribution in [-0.2, 0) is 4.79 Å². The molecule has 0 aliphatic heterocycles. The molecule has 0 fully saturated rings. The minimum atomic E-state index is 0.211. The molecule has 0 saturated carbocycles. The molecule has 0 aromatic carbocycles. The SMILES string of the molecule is CC/C(=C\C=NC)CC(C)=O. The lowest BCUT2D eigenvalue weighted by Crippen LogP contribution is -1.92. The Kier molecular flexibility index (Phi) is 5.35. The van der Waals surface area contributed by atoms with Crippen LogP contribution < -0.4 is 0 Å². The van der Waals surface area contributed by atoms with E-state index in [2.05, 4.69) is 4.99 Å². The number of hydrogen-bond donors (Lipinski definition) is 0. The standard InChI is InChI=1S/C9H15NO/c1-4-9(5-6-10-3)7-8(2)11/h5-6H,4,7H2,1-3H3/b9-5+,10-6?.